The lowest BCUT2D eigenvalue weighted by Gasteiger charge is -2.24. The first kappa shape index (κ1) is 12.2. The number of hydrogen-bond acceptors (Lipinski definition) is 3. The Balaban J connectivity index is 2.00. The topological polar surface area (TPSA) is 35.5 Å². The number of esters is 1. The highest BCUT2D eigenvalue weighted by atomic mass is 16.6. The minimum absolute atomic E-state index is 0.260. The summed E-state index contributed by atoms with van der Waals surface area (Å²) in [6, 6.07) is 0. The van der Waals surface area contributed by atoms with Crippen molar-refractivity contribution in [3.05, 3.63) is 23.5 Å². The molecule has 17 heavy (non-hydrogen) atoms. The van der Waals surface area contributed by atoms with Gasteiger partial charge in [0.2, 0.25) is 0 Å². The first-order chi connectivity index (χ1) is 8.00. The molecule has 0 radical (unpaired) electrons. The molecule has 94 valence electrons. The van der Waals surface area contributed by atoms with Crippen molar-refractivity contribution in [3.8, 4) is 0 Å². The molecular weight excluding hydrogens is 216 g/mol. The Morgan fingerprint density at radius 1 is 1.53 bits per heavy atom. The second-order valence-electron chi connectivity index (χ2n) is 5.28. The van der Waals surface area contributed by atoms with Crippen LogP contribution in [0, 0.1) is 5.92 Å². The van der Waals surface area contributed by atoms with Gasteiger partial charge in [-0.3, -0.25) is 0 Å². The Morgan fingerprint density at radius 3 is 2.82 bits per heavy atom. The molecule has 0 aromatic rings. The molecule has 0 spiro atoms. The van der Waals surface area contributed by atoms with Gasteiger partial charge in [0.25, 0.3) is 0 Å². The van der Waals surface area contributed by atoms with E-state index in [9.17, 15) is 4.79 Å². The highest BCUT2D eigenvalue weighted by Gasteiger charge is 2.40. The first-order valence-corrected chi connectivity index (χ1v) is 6.25. The summed E-state index contributed by atoms with van der Waals surface area (Å²) >= 11 is 0. The van der Waals surface area contributed by atoms with Crippen LogP contribution in [0.4, 0.5) is 0 Å². The van der Waals surface area contributed by atoms with Crippen molar-refractivity contribution in [2.45, 2.75) is 45.6 Å². The van der Waals surface area contributed by atoms with Crippen molar-refractivity contribution in [1.29, 1.82) is 0 Å². The molecule has 1 heterocycles. The third kappa shape index (κ3) is 2.54. The summed E-state index contributed by atoms with van der Waals surface area (Å²) in [5.74, 6) is 0.904. The maximum atomic E-state index is 11.5. The predicted octanol–water partition coefficient (Wildman–Crippen LogP) is 2.97. The Kier molecular flexibility index (Phi) is 3.27. The standard InChI is InChI=1S/C14H20O3/c1-10-12(14(2,3)17-13(10)15)16-9-11-7-5-4-6-8-11/h5,7,11H,4,6,8-9H2,1-3H3. The summed E-state index contributed by atoms with van der Waals surface area (Å²) in [7, 11) is 0. The van der Waals surface area contributed by atoms with E-state index in [0.717, 1.165) is 6.42 Å². The molecule has 0 bridgehead atoms. The number of rotatable bonds is 3. The Labute approximate surface area is 102 Å². The third-order valence-corrected chi connectivity index (χ3v) is 3.34. The van der Waals surface area contributed by atoms with Gasteiger partial charge in [-0.05, 0) is 40.0 Å². The first-order valence-electron chi connectivity index (χ1n) is 6.25. The predicted molar refractivity (Wildman–Crippen MR) is 65.3 cm³/mol. The maximum absolute atomic E-state index is 11.5. The Morgan fingerprint density at radius 2 is 2.29 bits per heavy atom. The fraction of sp³-hybridized carbons (Fsp3) is 0.643. The molecule has 0 fully saturated rings. The van der Waals surface area contributed by atoms with Crippen molar-refractivity contribution in [2.75, 3.05) is 6.61 Å². The second kappa shape index (κ2) is 4.55. The number of carbonyl (C=O) groups is 1. The van der Waals surface area contributed by atoms with Gasteiger partial charge in [0.05, 0.1) is 12.2 Å². The molecule has 3 nitrogen and oxygen atoms in total. The second-order valence-corrected chi connectivity index (χ2v) is 5.28. The van der Waals surface area contributed by atoms with E-state index in [1.54, 1.807) is 6.92 Å². The fourth-order valence-corrected chi connectivity index (χ4v) is 2.39. The summed E-state index contributed by atoms with van der Waals surface area (Å²) in [6.45, 7) is 6.15. The van der Waals surface area contributed by atoms with Crippen molar-refractivity contribution in [2.24, 2.45) is 5.92 Å². The molecule has 0 aromatic heterocycles. The number of allylic oxidation sites excluding steroid dienone is 1. The number of ether oxygens (including phenoxy) is 2. The molecule has 0 saturated carbocycles. The van der Waals surface area contributed by atoms with E-state index in [-0.39, 0.29) is 5.97 Å². The summed E-state index contributed by atoms with van der Waals surface area (Å²) < 4.78 is 11.1. The van der Waals surface area contributed by atoms with E-state index in [1.165, 1.54) is 12.8 Å². The third-order valence-electron chi connectivity index (χ3n) is 3.34. The summed E-state index contributed by atoms with van der Waals surface area (Å²) in [5, 5.41) is 0. The van der Waals surface area contributed by atoms with Gasteiger partial charge in [0.1, 0.15) is 5.76 Å². The molecule has 1 aliphatic heterocycles. The highest BCUT2D eigenvalue weighted by Crippen LogP contribution is 2.33. The van der Waals surface area contributed by atoms with Crippen LogP contribution in [0.15, 0.2) is 23.5 Å². The van der Waals surface area contributed by atoms with Crippen LogP contribution in [0.3, 0.4) is 0 Å². The van der Waals surface area contributed by atoms with Gasteiger partial charge in [0.15, 0.2) is 5.60 Å². The Bertz CT molecular complexity index is 377. The van der Waals surface area contributed by atoms with Gasteiger partial charge < -0.3 is 9.47 Å². The fourth-order valence-electron chi connectivity index (χ4n) is 2.39. The largest absolute Gasteiger partial charge is 0.493 e. The van der Waals surface area contributed by atoms with Gasteiger partial charge in [-0.15, -0.1) is 0 Å². The van der Waals surface area contributed by atoms with Crippen LogP contribution >= 0.6 is 0 Å². The van der Waals surface area contributed by atoms with Gasteiger partial charge in [-0.2, -0.15) is 0 Å². The molecule has 0 saturated heterocycles. The molecule has 1 atom stereocenters. The quantitative estimate of drug-likeness (QED) is 0.558. The zero-order valence-corrected chi connectivity index (χ0v) is 10.8. The molecule has 1 unspecified atom stereocenters. The van der Waals surface area contributed by atoms with Crippen LogP contribution in [0.5, 0.6) is 0 Å². The molecule has 0 amide bonds. The van der Waals surface area contributed by atoms with Crippen molar-refractivity contribution >= 4 is 5.97 Å². The molecule has 0 N–H and O–H groups in total. The van der Waals surface area contributed by atoms with Crippen LogP contribution in [0.1, 0.15) is 40.0 Å². The molecular formula is C14H20O3. The van der Waals surface area contributed by atoms with E-state index >= 15 is 0 Å². The monoisotopic (exact) mass is 236 g/mol. The summed E-state index contributed by atoms with van der Waals surface area (Å²) in [6.07, 6.45) is 7.98. The SMILES string of the molecule is CC1=C(OCC2C=CCCC2)C(C)(C)OC1=O. The zero-order chi connectivity index (χ0) is 12.5. The number of carbonyl (C=O) groups excluding carboxylic acids is 1. The van der Waals surface area contributed by atoms with Crippen LogP contribution in [0.25, 0.3) is 0 Å². The smallest absolute Gasteiger partial charge is 0.338 e. The van der Waals surface area contributed by atoms with Gasteiger partial charge in [-0.25, -0.2) is 4.79 Å². The molecule has 2 rings (SSSR count). The minimum atomic E-state index is -0.612. The van der Waals surface area contributed by atoms with Crippen molar-refractivity contribution in [1.82, 2.24) is 0 Å². The minimum Gasteiger partial charge on any atom is -0.493 e. The van der Waals surface area contributed by atoms with Crippen molar-refractivity contribution in [3.63, 3.8) is 0 Å². The summed E-state index contributed by atoms with van der Waals surface area (Å²) in [5.41, 5.74) is -0.00527. The number of cyclic esters (lactones) is 1. The Hall–Kier alpha value is -1.25. The lowest BCUT2D eigenvalue weighted by atomic mass is 9.96. The maximum Gasteiger partial charge on any atom is 0.338 e. The van der Waals surface area contributed by atoms with Gasteiger partial charge >= 0.3 is 5.97 Å². The normalized spacial score (nSPS) is 27.2. The van der Waals surface area contributed by atoms with Crippen molar-refractivity contribution < 1.29 is 14.3 Å². The van der Waals surface area contributed by atoms with Crippen LogP contribution in [-0.4, -0.2) is 18.2 Å². The van der Waals surface area contributed by atoms with E-state index in [0.29, 0.717) is 23.9 Å². The van der Waals surface area contributed by atoms with Crippen LogP contribution in [-0.2, 0) is 14.3 Å². The molecule has 3 heteroatoms. The van der Waals surface area contributed by atoms with Gasteiger partial charge in [0, 0.05) is 5.92 Å². The van der Waals surface area contributed by atoms with E-state index in [1.807, 2.05) is 13.8 Å². The van der Waals surface area contributed by atoms with Crippen LogP contribution in [0.2, 0.25) is 0 Å². The molecule has 0 aromatic carbocycles. The molecule has 1 aliphatic carbocycles. The number of hydrogen-bond donors (Lipinski definition) is 0. The van der Waals surface area contributed by atoms with E-state index in [2.05, 4.69) is 12.2 Å². The van der Waals surface area contributed by atoms with Crippen LogP contribution < -0.4 is 0 Å². The van der Waals surface area contributed by atoms with E-state index < -0.39 is 5.60 Å². The average molecular weight is 236 g/mol. The summed E-state index contributed by atoms with van der Waals surface area (Å²) in [4.78, 5) is 11.5. The van der Waals surface area contributed by atoms with Gasteiger partial charge in [-0.1, -0.05) is 12.2 Å². The zero-order valence-electron chi connectivity index (χ0n) is 10.8. The average Bonchev–Trinajstić information content (AvgIpc) is 2.48. The lowest BCUT2D eigenvalue weighted by Crippen LogP contribution is -2.25. The lowest BCUT2D eigenvalue weighted by molar-refractivity contribution is -0.145. The molecule has 2 aliphatic rings. The van der Waals surface area contributed by atoms with E-state index in [4.69, 9.17) is 9.47 Å². The highest BCUT2D eigenvalue weighted by molar-refractivity contribution is 5.91.